The zero-order chi connectivity index (χ0) is 12.7. The summed E-state index contributed by atoms with van der Waals surface area (Å²) in [5.41, 5.74) is 0.489. The maximum Gasteiger partial charge on any atom is 0.327 e. The van der Waals surface area contributed by atoms with E-state index in [1.807, 2.05) is 0 Å². The molecule has 0 heterocycles. The number of rotatable bonds is 4. The van der Waals surface area contributed by atoms with E-state index < -0.39 is 10.1 Å². The monoisotopic (exact) mass is 343 g/mol. The average Bonchev–Trinajstić information content (AvgIpc) is 2.36. The topological polar surface area (TPSA) is 55.4 Å². The Balaban J connectivity index is 2.39. The van der Waals surface area contributed by atoms with Crippen LogP contribution in [-0.2, 0) is 9.53 Å². The van der Waals surface area contributed by atoms with Crippen molar-refractivity contribution in [2.75, 3.05) is 6.54 Å². The van der Waals surface area contributed by atoms with Crippen LogP contribution in [0.3, 0.4) is 0 Å². The second kappa shape index (κ2) is 6.91. The molecule has 0 spiro atoms. The number of carbonyl (C=O) groups is 2. The molecule has 5 heteroatoms. The second-order valence-corrected chi connectivity index (χ2v) is 4.15. The van der Waals surface area contributed by atoms with Crippen molar-refractivity contribution in [1.82, 2.24) is 5.32 Å². The summed E-state index contributed by atoms with van der Waals surface area (Å²) in [5, 5.41) is 2.44. The zero-order valence-electron chi connectivity index (χ0n) is 8.85. The first-order valence-electron chi connectivity index (χ1n) is 4.76. The zero-order valence-corrected chi connectivity index (χ0v) is 11.0. The molecule has 1 unspecified atom stereocenters. The number of ether oxygens (including phenoxy) is 1. The van der Waals surface area contributed by atoms with E-state index in [4.69, 9.17) is 11.2 Å². The highest BCUT2D eigenvalue weighted by Gasteiger charge is 2.10. The van der Waals surface area contributed by atoms with Gasteiger partial charge in [0.2, 0.25) is 4.11 Å². The molecule has 0 bridgehead atoms. The van der Waals surface area contributed by atoms with Crippen LogP contribution in [0.1, 0.15) is 10.4 Å². The highest BCUT2D eigenvalue weighted by molar-refractivity contribution is 14.1. The fraction of sp³-hybridized carbons (Fsp3) is 0.167. The summed E-state index contributed by atoms with van der Waals surface area (Å²) in [7, 11) is 0. The maximum absolute atomic E-state index is 11.5. The lowest BCUT2D eigenvalue weighted by Crippen LogP contribution is -2.31. The number of hydrogen-bond acceptors (Lipinski definition) is 3. The minimum Gasteiger partial charge on any atom is -0.438 e. The third-order valence-electron chi connectivity index (χ3n) is 1.80. The van der Waals surface area contributed by atoms with Gasteiger partial charge in [-0.1, -0.05) is 24.1 Å². The summed E-state index contributed by atoms with van der Waals surface area (Å²) in [5.74, 6) is 1.36. The molecule has 1 rings (SSSR count). The quantitative estimate of drug-likeness (QED) is 0.389. The van der Waals surface area contributed by atoms with Crippen LogP contribution in [0.25, 0.3) is 0 Å². The van der Waals surface area contributed by atoms with Crippen molar-refractivity contribution in [2.24, 2.45) is 0 Å². The van der Waals surface area contributed by atoms with Gasteiger partial charge in [0.05, 0.1) is 0 Å². The molecule has 1 amide bonds. The standard InChI is InChI=1S/C12H10INO3/c1-2-10(13)17-11(15)8-14-12(16)9-6-4-3-5-7-9/h1,3-7,10H,8H2,(H,14,16). The van der Waals surface area contributed by atoms with Gasteiger partial charge in [-0.2, -0.15) is 0 Å². The molecular weight excluding hydrogens is 333 g/mol. The van der Waals surface area contributed by atoms with Crippen molar-refractivity contribution in [3.63, 3.8) is 0 Å². The molecule has 1 aromatic carbocycles. The van der Waals surface area contributed by atoms with Gasteiger partial charge < -0.3 is 10.1 Å². The molecule has 0 aliphatic heterocycles. The highest BCUT2D eigenvalue weighted by atomic mass is 127. The fourth-order valence-corrected chi connectivity index (χ4v) is 1.32. The van der Waals surface area contributed by atoms with Gasteiger partial charge >= 0.3 is 5.97 Å². The second-order valence-electron chi connectivity index (χ2n) is 3.02. The molecule has 1 N–H and O–H groups in total. The number of alkyl halides is 1. The Morgan fingerprint density at radius 1 is 1.41 bits per heavy atom. The van der Waals surface area contributed by atoms with Crippen molar-refractivity contribution in [3.8, 4) is 12.3 Å². The predicted octanol–water partition coefficient (Wildman–Crippen LogP) is 1.35. The van der Waals surface area contributed by atoms with Gasteiger partial charge in [0.25, 0.3) is 5.91 Å². The summed E-state index contributed by atoms with van der Waals surface area (Å²) in [4.78, 5) is 22.8. The van der Waals surface area contributed by atoms with E-state index in [0.29, 0.717) is 5.56 Å². The van der Waals surface area contributed by atoms with Crippen molar-refractivity contribution >= 4 is 34.5 Å². The number of halogens is 1. The number of esters is 1. The van der Waals surface area contributed by atoms with E-state index in [-0.39, 0.29) is 12.5 Å². The van der Waals surface area contributed by atoms with Gasteiger partial charge in [-0.25, -0.2) is 0 Å². The van der Waals surface area contributed by atoms with Gasteiger partial charge in [-0.05, 0) is 34.7 Å². The van der Waals surface area contributed by atoms with Crippen molar-refractivity contribution in [2.45, 2.75) is 4.11 Å². The maximum atomic E-state index is 11.5. The smallest absolute Gasteiger partial charge is 0.327 e. The van der Waals surface area contributed by atoms with Crippen LogP contribution in [0, 0.1) is 12.3 Å². The predicted molar refractivity (Wildman–Crippen MR) is 71.5 cm³/mol. The van der Waals surface area contributed by atoms with Crippen LogP contribution in [0.15, 0.2) is 30.3 Å². The molecule has 0 aliphatic carbocycles. The summed E-state index contributed by atoms with van der Waals surface area (Å²) in [6.07, 6.45) is 5.05. The lowest BCUT2D eigenvalue weighted by Gasteiger charge is -2.07. The normalized spacial score (nSPS) is 11.1. The first-order valence-corrected chi connectivity index (χ1v) is 6.01. The molecule has 0 saturated heterocycles. The summed E-state index contributed by atoms with van der Waals surface area (Å²) < 4.78 is 4.17. The Labute approximate surface area is 113 Å². The molecule has 0 saturated carbocycles. The Kier molecular flexibility index (Phi) is 5.49. The van der Waals surface area contributed by atoms with Gasteiger partial charge in [-0.3, -0.25) is 9.59 Å². The third kappa shape index (κ3) is 4.87. The Morgan fingerprint density at radius 3 is 2.65 bits per heavy atom. The van der Waals surface area contributed by atoms with Crippen molar-refractivity contribution in [3.05, 3.63) is 35.9 Å². The minimum absolute atomic E-state index is 0.199. The van der Waals surface area contributed by atoms with Crippen molar-refractivity contribution in [1.29, 1.82) is 0 Å². The van der Waals surface area contributed by atoms with Crippen LogP contribution in [0.4, 0.5) is 0 Å². The lowest BCUT2D eigenvalue weighted by atomic mass is 10.2. The molecule has 1 aromatic rings. The molecule has 1 atom stereocenters. The SMILES string of the molecule is C#CC(I)OC(=O)CNC(=O)c1ccccc1. The summed E-state index contributed by atoms with van der Waals surface area (Å²) >= 11 is 1.80. The first kappa shape index (κ1) is 13.5. The van der Waals surface area contributed by atoms with Gasteiger partial charge in [-0.15, -0.1) is 6.42 Å². The molecule has 0 aromatic heterocycles. The molecule has 4 nitrogen and oxygen atoms in total. The van der Waals surface area contributed by atoms with E-state index in [1.165, 1.54) is 0 Å². The number of hydrogen-bond donors (Lipinski definition) is 1. The number of carbonyl (C=O) groups excluding carboxylic acids is 2. The van der Waals surface area contributed by atoms with Gasteiger partial charge in [0, 0.05) is 5.56 Å². The number of nitrogens with one attached hydrogen (secondary N) is 1. The van der Waals surface area contributed by atoms with Crippen molar-refractivity contribution < 1.29 is 14.3 Å². The number of amides is 1. The molecule has 88 valence electrons. The average molecular weight is 343 g/mol. The van der Waals surface area contributed by atoms with Crippen LogP contribution >= 0.6 is 22.6 Å². The van der Waals surface area contributed by atoms with Gasteiger partial charge in [0.15, 0.2) is 0 Å². The molecule has 0 fully saturated rings. The molecule has 0 aliphatic rings. The number of benzene rings is 1. The van der Waals surface area contributed by atoms with Crippen LogP contribution in [0.5, 0.6) is 0 Å². The van der Waals surface area contributed by atoms with Gasteiger partial charge in [0.1, 0.15) is 6.54 Å². The van der Waals surface area contributed by atoms with Crippen LogP contribution < -0.4 is 5.32 Å². The van der Waals surface area contributed by atoms with Crippen LogP contribution in [0.2, 0.25) is 0 Å². The molecular formula is C12H10INO3. The first-order chi connectivity index (χ1) is 8.13. The summed E-state index contributed by atoms with van der Waals surface area (Å²) in [6, 6.07) is 8.60. The van der Waals surface area contributed by atoms with E-state index in [1.54, 1.807) is 52.9 Å². The third-order valence-corrected chi connectivity index (χ3v) is 2.41. The number of terminal acetylenes is 1. The fourth-order valence-electron chi connectivity index (χ4n) is 1.04. The highest BCUT2D eigenvalue weighted by Crippen LogP contribution is 2.01. The van der Waals surface area contributed by atoms with E-state index in [2.05, 4.69) is 11.2 Å². The van der Waals surface area contributed by atoms with E-state index in [0.717, 1.165) is 0 Å². The molecule has 0 radical (unpaired) electrons. The summed E-state index contributed by atoms with van der Waals surface area (Å²) in [6.45, 7) is -0.199. The van der Waals surface area contributed by atoms with Crippen LogP contribution in [-0.4, -0.2) is 22.5 Å². The Morgan fingerprint density at radius 2 is 2.06 bits per heavy atom. The van der Waals surface area contributed by atoms with E-state index in [9.17, 15) is 9.59 Å². The molecule has 17 heavy (non-hydrogen) atoms. The van der Waals surface area contributed by atoms with E-state index >= 15 is 0 Å². The Bertz CT molecular complexity index is 439. The minimum atomic E-state index is -0.617. The Hall–Kier alpha value is -1.55. The lowest BCUT2D eigenvalue weighted by molar-refractivity contribution is -0.141. The largest absolute Gasteiger partial charge is 0.438 e.